The van der Waals surface area contributed by atoms with Gasteiger partial charge in [-0.15, -0.1) is 0 Å². The summed E-state index contributed by atoms with van der Waals surface area (Å²) in [5, 5.41) is 7.19. The molecule has 146 valence electrons. The van der Waals surface area contributed by atoms with Crippen LogP contribution in [0.3, 0.4) is 0 Å². The first-order valence-electron chi connectivity index (χ1n) is 9.73. The summed E-state index contributed by atoms with van der Waals surface area (Å²) in [6.45, 7) is 9.11. The highest BCUT2D eigenvalue weighted by Crippen LogP contribution is 2.09. The molecule has 1 aromatic carbocycles. The lowest BCUT2D eigenvalue weighted by Gasteiger charge is -2.30. The van der Waals surface area contributed by atoms with Crippen LogP contribution >= 0.6 is 0 Å². The summed E-state index contributed by atoms with van der Waals surface area (Å²) < 4.78 is 1.35. The van der Waals surface area contributed by atoms with Gasteiger partial charge in [0, 0.05) is 25.2 Å². The maximum atomic E-state index is 12.6. The van der Waals surface area contributed by atoms with Crippen molar-refractivity contribution in [2.45, 2.75) is 46.2 Å². The SMILES string of the molecule is CCCn1nc(C(=O)NCC(Cc2ccccc2)N(CC)CC)ccc1=O. The van der Waals surface area contributed by atoms with Crippen LogP contribution in [0.5, 0.6) is 0 Å². The van der Waals surface area contributed by atoms with E-state index >= 15 is 0 Å². The number of aromatic nitrogens is 2. The van der Waals surface area contributed by atoms with Gasteiger partial charge in [0.2, 0.25) is 0 Å². The lowest BCUT2D eigenvalue weighted by Crippen LogP contribution is -2.45. The number of carbonyl (C=O) groups excluding carboxylic acids is 1. The lowest BCUT2D eigenvalue weighted by molar-refractivity contribution is 0.0927. The van der Waals surface area contributed by atoms with Crippen LogP contribution in [0.2, 0.25) is 0 Å². The van der Waals surface area contributed by atoms with Crippen LogP contribution in [0.15, 0.2) is 47.3 Å². The van der Waals surface area contributed by atoms with E-state index in [0.29, 0.717) is 13.1 Å². The summed E-state index contributed by atoms with van der Waals surface area (Å²) in [7, 11) is 0. The third-order valence-electron chi connectivity index (χ3n) is 4.68. The van der Waals surface area contributed by atoms with E-state index in [4.69, 9.17) is 0 Å². The number of hydrogen-bond acceptors (Lipinski definition) is 4. The van der Waals surface area contributed by atoms with Gasteiger partial charge in [-0.1, -0.05) is 51.1 Å². The van der Waals surface area contributed by atoms with E-state index in [1.165, 1.54) is 22.4 Å². The molecular formula is C21H30N4O2. The van der Waals surface area contributed by atoms with E-state index in [0.717, 1.165) is 25.9 Å². The Morgan fingerprint density at radius 3 is 2.44 bits per heavy atom. The average Bonchev–Trinajstić information content (AvgIpc) is 2.69. The normalized spacial score (nSPS) is 12.1. The molecule has 0 fully saturated rings. The van der Waals surface area contributed by atoms with Crippen molar-refractivity contribution in [3.8, 4) is 0 Å². The summed E-state index contributed by atoms with van der Waals surface area (Å²) in [4.78, 5) is 26.7. The number of aryl methyl sites for hydroxylation is 1. The minimum atomic E-state index is -0.245. The first-order valence-corrected chi connectivity index (χ1v) is 9.73. The molecule has 0 bridgehead atoms. The zero-order valence-electron chi connectivity index (χ0n) is 16.5. The Labute approximate surface area is 161 Å². The van der Waals surface area contributed by atoms with Crippen molar-refractivity contribution < 1.29 is 4.79 Å². The van der Waals surface area contributed by atoms with Gasteiger partial charge < -0.3 is 5.32 Å². The van der Waals surface area contributed by atoms with Gasteiger partial charge in [0.1, 0.15) is 5.69 Å². The molecule has 1 unspecified atom stereocenters. The predicted molar refractivity (Wildman–Crippen MR) is 108 cm³/mol. The zero-order chi connectivity index (χ0) is 19.6. The molecule has 1 heterocycles. The standard InChI is InChI=1S/C21H30N4O2/c1-4-14-25-20(26)13-12-19(23-25)21(27)22-16-18(24(5-2)6-3)15-17-10-8-7-9-11-17/h7-13,18H,4-6,14-16H2,1-3H3,(H,22,27). The second-order valence-electron chi connectivity index (χ2n) is 6.55. The fourth-order valence-electron chi connectivity index (χ4n) is 3.20. The summed E-state index contributed by atoms with van der Waals surface area (Å²) in [6, 6.07) is 13.4. The van der Waals surface area contributed by atoms with Gasteiger partial charge in [-0.05, 0) is 37.6 Å². The molecule has 0 aliphatic heterocycles. The third-order valence-corrected chi connectivity index (χ3v) is 4.68. The molecule has 2 rings (SSSR count). The summed E-state index contributed by atoms with van der Waals surface area (Å²) in [5.41, 5.74) is 1.35. The van der Waals surface area contributed by atoms with E-state index in [9.17, 15) is 9.59 Å². The second-order valence-corrected chi connectivity index (χ2v) is 6.55. The third kappa shape index (κ3) is 6.03. The monoisotopic (exact) mass is 370 g/mol. The number of nitrogens with zero attached hydrogens (tertiary/aromatic N) is 3. The summed E-state index contributed by atoms with van der Waals surface area (Å²) in [5.74, 6) is -0.245. The van der Waals surface area contributed by atoms with Crippen molar-refractivity contribution in [3.63, 3.8) is 0 Å². The van der Waals surface area contributed by atoms with E-state index < -0.39 is 0 Å². The van der Waals surface area contributed by atoms with Gasteiger partial charge in [0.05, 0.1) is 0 Å². The van der Waals surface area contributed by atoms with Gasteiger partial charge in [0.15, 0.2) is 0 Å². The first kappa shape index (κ1) is 20.8. The maximum Gasteiger partial charge on any atom is 0.271 e. The summed E-state index contributed by atoms with van der Waals surface area (Å²) in [6.07, 6.45) is 1.66. The fourth-order valence-corrected chi connectivity index (χ4v) is 3.20. The molecule has 0 radical (unpaired) electrons. The van der Waals surface area contributed by atoms with Gasteiger partial charge in [-0.2, -0.15) is 5.10 Å². The average molecular weight is 370 g/mol. The van der Waals surface area contributed by atoms with E-state index in [1.54, 1.807) is 0 Å². The van der Waals surface area contributed by atoms with Gasteiger partial charge >= 0.3 is 0 Å². The van der Waals surface area contributed by atoms with Gasteiger partial charge in [-0.25, -0.2) is 4.68 Å². The van der Waals surface area contributed by atoms with E-state index in [1.807, 2.05) is 25.1 Å². The minimum Gasteiger partial charge on any atom is -0.349 e. The van der Waals surface area contributed by atoms with Gasteiger partial charge in [-0.3, -0.25) is 14.5 Å². The molecule has 1 amide bonds. The fraction of sp³-hybridized carbons (Fsp3) is 0.476. The molecule has 0 aliphatic rings. The van der Waals surface area contributed by atoms with Gasteiger partial charge in [0.25, 0.3) is 11.5 Å². The lowest BCUT2D eigenvalue weighted by atomic mass is 10.0. The van der Waals surface area contributed by atoms with Crippen LogP contribution in [0.25, 0.3) is 0 Å². The predicted octanol–water partition coefficient (Wildman–Crippen LogP) is 2.34. The number of rotatable bonds is 10. The van der Waals surface area contributed by atoms with E-state index in [2.05, 4.69) is 41.3 Å². The van der Waals surface area contributed by atoms with Crippen molar-refractivity contribution in [1.29, 1.82) is 0 Å². The van der Waals surface area contributed by atoms with Crippen molar-refractivity contribution in [2.24, 2.45) is 0 Å². The molecule has 0 saturated heterocycles. The van der Waals surface area contributed by atoms with Crippen molar-refractivity contribution in [1.82, 2.24) is 20.0 Å². The van der Waals surface area contributed by atoms with Crippen LogP contribution in [0, 0.1) is 0 Å². The molecule has 0 spiro atoms. The molecule has 1 aromatic heterocycles. The first-order chi connectivity index (χ1) is 13.1. The van der Waals surface area contributed by atoms with Crippen LogP contribution in [-0.2, 0) is 13.0 Å². The molecule has 0 saturated carbocycles. The quantitative estimate of drug-likeness (QED) is 0.697. The number of likely N-dealkylation sites (N-methyl/N-ethyl adjacent to an activating group) is 1. The van der Waals surface area contributed by atoms with Crippen LogP contribution < -0.4 is 10.9 Å². The van der Waals surface area contributed by atoms with Crippen LogP contribution in [0.1, 0.15) is 43.2 Å². The highest BCUT2D eigenvalue weighted by Gasteiger charge is 2.18. The molecule has 6 heteroatoms. The van der Waals surface area contributed by atoms with Crippen molar-refractivity contribution >= 4 is 5.91 Å². The molecule has 0 aliphatic carbocycles. The Bertz CT molecular complexity index is 769. The van der Waals surface area contributed by atoms with Crippen LogP contribution in [0.4, 0.5) is 0 Å². The van der Waals surface area contributed by atoms with E-state index in [-0.39, 0.29) is 23.2 Å². The Morgan fingerprint density at radius 2 is 1.81 bits per heavy atom. The Hall–Kier alpha value is -2.47. The van der Waals surface area contributed by atoms with Crippen molar-refractivity contribution in [3.05, 3.63) is 64.1 Å². The summed E-state index contributed by atoms with van der Waals surface area (Å²) >= 11 is 0. The minimum absolute atomic E-state index is 0.182. The molecule has 27 heavy (non-hydrogen) atoms. The topological polar surface area (TPSA) is 67.2 Å². The largest absolute Gasteiger partial charge is 0.349 e. The number of carbonyl (C=O) groups is 1. The van der Waals surface area contributed by atoms with Crippen molar-refractivity contribution in [2.75, 3.05) is 19.6 Å². The molecule has 1 N–H and O–H groups in total. The molecule has 1 atom stereocenters. The highest BCUT2D eigenvalue weighted by molar-refractivity contribution is 5.92. The Morgan fingerprint density at radius 1 is 1.11 bits per heavy atom. The Kier molecular flexibility index (Phi) is 8.20. The number of benzene rings is 1. The number of nitrogens with one attached hydrogen (secondary N) is 1. The molecular weight excluding hydrogens is 340 g/mol. The zero-order valence-corrected chi connectivity index (χ0v) is 16.5. The second kappa shape index (κ2) is 10.6. The maximum absolute atomic E-state index is 12.6. The van der Waals surface area contributed by atoms with Crippen LogP contribution in [-0.4, -0.2) is 46.3 Å². The Balaban J connectivity index is 2.08. The number of amides is 1. The number of hydrogen-bond donors (Lipinski definition) is 1. The highest BCUT2D eigenvalue weighted by atomic mass is 16.2. The molecule has 6 nitrogen and oxygen atoms in total. The molecule has 2 aromatic rings. The smallest absolute Gasteiger partial charge is 0.271 e.